The van der Waals surface area contributed by atoms with Crippen molar-refractivity contribution < 1.29 is 9.31 Å². The van der Waals surface area contributed by atoms with Gasteiger partial charge in [0.1, 0.15) is 0 Å². The smallest absolute Gasteiger partial charge is 0.400 e. The van der Waals surface area contributed by atoms with Crippen molar-refractivity contribution in [2.24, 2.45) is 5.73 Å². The molecule has 0 aliphatic carbocycles. The van der Waals surface area contributed by atoms with E-state index in [0.717, 1.165) is 5.47 Å². The van der Waals surface area contributed by atoms with E-state index < -0.39 is 18.3 Å². The molecule has 0 amide bonds. The summed E-state index contributed by atoms with van der Waals surface area (Å²) in [6, 6.07) is 0. The maximum atomic E-state index is 11.0. The van der Waals surface area contributed by atoms with Crippen LogP contribution in [-0.4, -0.2) is 34.8 Å². The lowest BCUT2D eigenvalue weighted by Crippen LogP contribution is -2.41. The maximum Gasteiger partial charge on any atom is 0.491 e. The Morgan fingerprint density at radius 2 is 2.00 bits per heavy atom. The molecule has 108 valence electrons. The topological polar surface area (TPSA) is 90.2 Å². The van der Waals surface area contributed by atoms with Gasteiger partial charge in [-0.25, -0.2) is 4.98 Å². The van der Waals surface area contributed by atoms with Gasteiger partial charge < -0.3 is 20.0 Å². The van der Waals surface area contributed by atoms with Crippen molar-refractivity contribution in [1.82, 2.24) is 9.97 Å². The largest absolute Gasteiger partial charge is 0.491 e. The average Bonchev–Trinajstić information content (AvgIpc) is 2.57. The van der Waals surface area contributed by atoms with Crippen LogP contribution < -0.4 is 11.3 Å². The Morgan fingerprint density at radius 1 is 1.40 bits per heavy atom. The van der Waals surface area contributed by atoms with Gasteiger partial charge in [-0.2, -0.15) is 0 Å². The number of nitrogens with one attached hydrogen (secondary N) is 1. The van der Waals surface area contributed by atoms with Crippen LogP contribution >= 0.6 is 0 Å². The minimum absolute atomic E-state index is 0.243. The van der Waals surface area contributed by atoms with Crippen LogP contribution in [0, 0.1) is 0 Å². The minimum atomic E-state index is -0.501. The molecule has 1 fully saturated rings. The number of hydrogen-bond donors (Lipinski definition) is 2. The Hall–Kier alpha value is -1.44. The van der Waals surface area contributed by atoms with Crippen LogP contribution in [0.5, 0.6) is 0 Å². The summed E-state index contributed by atoms with van der Waals surface area (Å²) < 4.78 is 11.9. The highest BCUT2D eigenvalue weighted by Crippen LogP contribution is 2.38. The fraction of sp³-hybridized carbons (Fsp3) is 0.538. The molecule has 0 radical (unpaired) electrons. The third-order valence-corrected chi connectivity index (χ3v) is 3.82. The zero-order valence-electron chi connectivity index (χ0n) is 12.3. The first-order valence-electron chi connectivity index (χ1n) is 6.56. The van der Waals surface area contributed by atoms with Gasteiger partial charge in [0.05, 0.1) is 23.1 Å². The van der Waals surface area contributed by atoms with Crippen molar-refractivity contribution in [2.75, 3.05) is 6.54 Å². The fourth-order valence-corrected chi connectivity index (χ4v) is 1.84. The van der Waals surface area contributed by atoms with Crippen molar-refractivity contribution in [3.8, 4) is 0 Å². The second-order valence-electron chi connectivity index (χ2n) is 5.85. The lowest BCUT2D eigenvalue weighted by atomic mass is 9.77. The van der Waals surface area contributed by atoms with Crippen molar-refractivity contribution in [2.45, 2.75) is 38.9 Å². The minimum Gasteiger partial charge on any atom is -0.400 e. The number of nitrogens with zero attached hydrogens (tertiary/aromatic N) is 1. The van der Waals surface area contributed by atoms with Crippen LogP contribution in [0.3, 0.4) is 0 Å². The SMILES string of the molecule is CC1(C)OB(C(=Cc2c[nH]c(=O)cn2)CN)OC1(C)C. The number of rotatable bonds is 3. The van der Waals surface area contributed by atoms with E-state index in [-0.39, 0.29) is 12.1 Å². The van der Waals surface area contributed by atoms with Crippen molar-refractivity contribution in [3.63, 3.8) is 0 Å². The third-order valence-electron chi connectivity index (χ3n) is 3.82. The van der Waals surface area contributed by atoms with E-state index in [1.165, 1.54) is 12.4 Å². The normalized spacial score (nSPS) is 21.2. The van der Waals surface area contributed by atoms with E-state index in [1.54, 1.807) is 6.08 Å². The zero-order valence-corrected chi connectivity index (χ0v) is 12.3. The summed E-state index contributed by atoms with van der Waals surface area (Å²) in [5.74, 6) is 0. The van der Waals surface area contributed by atoms with Gasteiger partial charge in [0.25, 0.3) is 5.56 Å². The number of H-pyrrole nitrogens is 1. The predicted octanol–water partition coefficient (Wildman–Crippen LogP) is 0.743. The van der Waals surface area contributed by atoms with Gasteiger partial charge in [0, 0.05) is 12.7 Å². The van der Waals surface area contributed by atoms with Crippen molar-refractivity contribution in [3.05, 3.63) is 33.9 Å². The molecule has 1 aromatic rings. The first kappa shape index (κ1) is 15.0. The quantitative estimate of drug-likeness (QED) is 0.795. The van der Waals surface area contributed by atoms with E-state index in [1.807, 2.05) is 27.7 Å². The summed E-state index contributed by atoms with van der Waals surface area (Å²) in [5, 5.41) is 0. The predicted molar refractivity (Wildman–Crippen MR) is 78.0 cm³/mol. The lowest BCUT2D eigenvalue weighted by molar-refractivity contribution is 0.00578. The third kappa shape index (κ3) is 2.84. The number of hydrogen-bond acceptors (Lipinski definition) is 5. The second kappa shape index (κ2) is 5.16. The van der Waals surface area contributed by atoms with Crippen LogP contribution in [0.15, 0.2) is 22.7 Å². The molecule has 0 unspecified atom stereocenters. The molecule has 0 saturated carbocycles. The van der Waals surface area contributed by atoms with Gasteiger partial charge in [0.15, 0.2) is 0 Å². The summed E-state index contributed by atoms with van der Waals surface area (Å²) in [6.45, 7) is 8.23. The molecule has 1 saturated heterocycles. The van der Waals surface area contributed by atoms with Gasteiger partial charge in [-0.15, -0.1) is 0 Å². The average molecular weight is 277 g/mol. The van der Waals surface area contributed by atoms with E-state index >= 15 is 0 Å². The Bertz CT molecular complexity index is 544. The molecule has 2 heterocycles. The van der Waals surface area contributed by atoms with E-state index in [4.69, 9.17) is 15.0 Å². The molecule has 0 aromatic carbocycles. The molecule has 20 heavy (non-hydrogen) atoms. The fourth-order valence-electron chi connectivity index (χ4n) is 1.84. The molecule has 0 bridgehead atoms. The van der Waals surface area contributed by atoms with E-state index in [2.05, 4.69) is 9.97 Å². The molecule has 0 spiro atoms. The zero-order chi connectivity index (χ0) is 15.0. The van der Waals surface area contributed by atoms with Gasteiger partial charge in [0.2, 0.25) is 0 Å². The van der Waals surface area contributed by atoms with Gasteiger partial charge in [-0.05, 0) is 39.2 Å². The summed E-state index contributed by atoms with van der Waals surface area (Å²) in [7, 11) is -0.501. The second-order valence-corrected chi connectivity index (χ2v) is 5.85. The molecule has 2 rings (SSSR count). The Morgan fingerprint density at radius 3 is 2.45 bits per heavy atom. The standard InChI is InChI=1S/C13H20BN3O3/c1-12(2)13(3,4)20-14(19-12)9(6-15)5-10-7-17-11(18)8-16-10/h5,7-8H,6,15H2,1-4H3,(H,17,18). The first-order chi connectivity index (χ1) is 9.25. The van der Waals surface area contributed by atoms with Crippen LogP contribution in [0.4, 0.5) is 0 Å². The maximum absolute atomic E-state index is 11.0. The summed E-state index contributed by atoms with van der Waals surface area (Å²) in [4.78, 5) is 17.6. The highest BCUT2D eigenvalue weighted by molar-refractivity contribution is 6.55. The number of nitrogens with two attached hydrogens (primary N) is 1. The molecule has 1 aromatic heterocycles. The van der Waals surface area contributed by atoms with Crippen LogP contribution in [0.1, 0.15) is 33.4 Å². The molecule has 6 nitrogen and oxygen atoms in total. The highest BCUT2D eigenvalue weighted by atomic mass is 16.7. The van der Waals surface area contributed by atoms with Crippen LogP contribution in [-0.2, 0) is 9.31 Å². The van der Waals surface area contributed by atoms with Crippen LogP contribution in [0.25, 0.3) is 6.08 Å². The van der Waals surface area contributed by atoms with E-state index in [0.29, 0.717) is 5.69 Å². The van der Waals surface area contributed by atoms with Gasteiger partial charge in [-0.1, -0.05) is 0 Å². The summed E-state index contributed by atoms with van der Waals surface area (Å²) in [5.41, 5.74) is 6.10. The molecule has 1 aliphatic heterocycles. The molecular weight excluding hydrogens is 257 g/mol. The lowest BCUT2D eigenvalue weighted by Gasteiger charge is -2.32. The van der Waals surface area contributed by atoms with Crippen LogP contribution in [0.2, 0.25) is 0 Å². The van der Waals surface area contributed by atoms with Crippen molar-refractivity contribution in [1.29, 1.82) is 0 Å². The highest BCUT2D eigenvalue weighted by Gasteiger charge is 2.52. The molecule has 0 atom stereocenters. The Kier molecular flexibility index (Phi) is 3.86. The summed E-state index contributed by atoms with van der Waals surface area (Å²) >= 11 is 0. The van der Waals surface area contributed by atoms with Gasteiger partial charge >= 0.3 is 7.12 Å². The molecule has 7 heteroatoms. The molecule has 1 aliphatic rings. The Balaban J connectivity index is 2.26. The number of aromatic nitrogens is 2. The Labute approximate surface area is 118 Å². The first-order valence-corrected chi connectivity index (χ1v) is 6.56. The monoisotopic (exact) mass is 277 g/mol. The van der Waals surface area contributed by atoms with E-state index in [9.17, 15) is 4.79 Å². The van der Waals surface area contributed by atoms with Gasteiger partial charge in [-0.3, -0.25) is 4.79 Å². The molecular formula is C13H20BN3O3. The van der Waals surface area contributed by atoms with Crippen molar-refractivity contribution >= 4 is 13.2 Å². The summed E-state index contributed by atoms with van der Waals surface area (Å²) in [6.07, 6.45) is 4.53. The number of aromatic amines is 1. The molecule has 3 N–H and O–H groups in total.